The van der Waals surface area contributed by atoms with Gasteiger partial charge in [-0.1, -0.05) is 60.1 Å². The van der Waals surface area contributed by atoms with Gasteiger partial charge in [-0.25, -0.2) is 4.79 Å². The summed E-state index contributed by atoms with van der Waals surface area (Å²) in [7, 11) is 0. The smallest absolute Gasteiger partial charge is 0.323 e. The van der Waals surface area contributed by atoms with Crippen LogP contribution < -0.4 is 10.6 Å². The summed E-state index contributed by atoms with van der Waals surface area (Å²) >= 11 is 6.06. The van der Waals surface area contributed by atoms with Crippen LogP contribution in [0.2, 0.25) is 5.02 Å². The van der Waals surface area contributed by atoms with Crippen LogP contribution in [-0.4, -0.2) is 16.9 Å². The number of carbonyl (C=O) groups is 2. The molecule has 0 radical (unpaired) electrons. The minimum atomic E-state index is -0.722. The molecule has 3 aromatic rings. The van der Waals surface area contributed by atoms with Gasteiger partial charge in [0.1, 0.15) is 0 Å². The summed E-state index contributed by atoms with van der Waals surface area (Å²) in [5.74, 6) is -0.548. The molecule has 162 valence electrons. The molecule has 32 heavy (non-hydrogen) atoms. The number of azide groups is 1. The van der Waals surface area contributed by atoms with Crippen LogP contribution in [0, 0.1) is 17.0 Å². The average molecular weight is 453 g/mol. The van der Waals surface area contributed by atoms with Gasteiger partial charge in [-0.3, -0.25) is 19.8 Å². The van der Waals surface area contributed by atoms with Gasteiger partial charge in [0.15, 0.2) is 0 Å². The first-order chi connectivity index (χ1) is 15.3. The van der Waals surface area contributed by atoms with Gasteiger partial charge in [0, 0.05) is 22.6 Å². The number of primary amides is 1. The van der Waals surface area contributed by atoms with E-state index in [0.29, 0.717) is 16.9 Å². The van der Waals surface area contributed by atoms with E-state index in [-0.39, 0.29) is 10.7 Å². The number of nitrogens with two attached hydrogens (primary N) is 1. The maximum atomic E-state index is 11.8. The second kappa shape index (κ2) is 11.1. The van der Waals surface area contributed by atoms with Crippen molar-refractivity contribution in [1.82, 2.24) is 0 Å². The first-order valence-corrected chi connectivity index (χ1v) is 9.37. The highest BCUT2D eigenvalue weighted by molar-refractivity contribution is 6.34. The molecule has 10 nitrogen and oxygen atoms in total. The van der Waals surface area contributed by atoms with E-state index in [0.717, 1.165) is 5.56 Å². The topological polar surface area (TPSA) is 155 Å². The minimum absolute atomic E-state index is 0.0752. The summed E-state index contributed by atoms with van der Waals surface area (Å²) in [6.07, 6.45) is 0. The van der Waals surface area contributed by atoms with Crippen molar-refractivity contribution in [1.29, 1.82) is 0 Å². The van der Waals surface area contributed by atoms with Crippen molar-refractivity contribution in [3.05, 3.63) is 110 Å². The third-order valence-electron chi connectivity index (χ3n) is 4.12. The molecule has 0 aromatic heterocycles. The molecule has 0 saturated carbocycles. The first kappa shape index (κ1) is 23.9. The van der Waals surface area contributed by atoms with E-state index >= 15 is 0 Å². The second-order valence-electron chi connectivity index (χ2n) is 6.21. The molecule has 3 amide bonds. The van der Waals surface area contributed by atoms with Crippen molar-refractivity contribution in [3.63, 3.8) is 0 Å². The number of hydrogen-bond acceptors (Lipinski definition) is 4. The predicted molar refractivity (Wildman–Crippen MR) is 121 cm³/mol. The van der Waals surface area contributed by atoms with Gasteiger partial charge in [-0.15, -0.1) is 0 Å². The van der Waals surface area contributed by atoms with Crippen molar-refractivity contribution in [2.24, 2.45) is 10.8 Å². The zero-order valence-corrected chi connectivity index (χ0v) is 17.5. The van der Waals surface area contributed by atoms with E-state index in [2.05, 4.69) is 10.0 Å². The van der Waals surface area contributed by atoms with Crippen molar-refractivity contribution < 1.29 is 14.5 Å². The Bertz CT molecular complexity index is 1200. The lowest BCUT2D eigenvalue weighted by molar-refractivity contribution is -0.384. The molecule has 0 fully saturated rings. The monoisotopic (exact) mass is 452 g/mol. The number of para-hydroxylation sites is 1. The van der Waals surface area contributed by atoms with Crippen LogP contribution in [0.4, 0.5) is 21.9 Å². The molecular weight excluding hydrogens is 436 g/mol. The fourth-order valence-corrected chi connectivity index (χ4v) is 2.91. The number of carbonyl (C=O) groups excluding carboxylic acids is 2. The summed E-state index contributed by atoms with van der Waals surface area (Å²) in [5, 5.41) is 13.7. The molecule has 0 aliphatic carbocycles. The highest BCUT2D eigenvalue weighted by atomic mass is 35.5. The molecule has 0 spiro atoms. The molecule has 0 saturated heterocycles. The summed E-state index contributed by atoms with van der Waals surface area (Å²) < 4.78 is 0. The van der Waals surface area contributed by atoms with Gasteiger partial charge in [-0.05, 0) is 35.3 Å². The number of rotatable bonds is 4. The average Bonchev–Trinajstić information content (AvgIpc) is 2.77. The molecule has 0 bridgehead atoms. The lowest BCUT2D eigenvalue weighted by atomic mass is 10.1. The van der Waals surface area contributed by atoms with E-state index in [1.165, 1.54) is 23.1 Å². The van der Waals surface area contributed by atoms with Gasteiger partial charge in [0.05, 0.1) is 21.3 Å². The van der Waals surface area contributed by atoms with Crippen molar-refractivity contribution in [2.75, 3.05) is 4.90 Å². The standard InChI is InChI=1S/C14H12ClN3O3.C7H5N3O/c1-9-4-2-3-5-12(9)17(14(16)19)13-7-6-10(18(20)21)8-11(13)15;8-10-9-7(11)6-4-2-1-3-5-6/h2-8H,1H3,(H2,16,19);1-5H. The Morgan fingerprint density at radius 3 is 2.22 bits per heavy atom. The molecule has 3 aromatic carbocycles. The SMILES string of the molecule is Cc1ccccc1N(C(N)=O)c1ccc([N+](=O)[O-])cc1Cl.[N-]=[N+]=NC(=O)c1ccccc1. The molecule has 0 aliphatic rings. The number of amides is 3. The van der Waals surface area contributed by atoms with E-state index in [1.54, 1.807) is 42.5 Å². The summed E-state index contributed by atoms with van der Waals surface area (Å²) in [5.41, 5.74) is 15.3. The maximum absolute atomic E-state index is 11.8. The summed E-state index contributed by atoms with van der Waals surface area (Å²) in [4.78, 5) is 36.4. The maximum Gasteiger partial charge on any atom is 0.323 e. The van der Waals surface area contributed by atoms with Gasteiger partial charge < -0.3 is 5.73 Å². The molecule has 0 unspecified atom stereocenters. The van der Waals surface area contributed by atoms with Gasteiger partial charge in [-0.2, -0.15) is 0 Å². The fourth-order valence-electron chi connectivity index (χ4n) is 2.65. The number of nitrogens with zero attached hydrogens (tertiary/aromatic N) is 5. The van der Waals surface area contributed by atoms with Gasteiger partial charge in [0.2, 0.25) is 5.91 Å². The van der Waals surface area contributed by atoms with E-state index in [9.17, 15) is 19.7 Å². The Labute approximate surface area is 187 Å². The van der Waals surface area contributed by atoms with Crippen molar-refractivity contribution >= 4 is 40.6 Å². The Morgan fingerprint density at radius 1 is 1.06 bits per heavy atom. The zero-order chi connectivity index (χ0) is 23.7. The molecule has 11 heteroatoms. The van der Waals surface area contributed by atoms with Crippen LogP contribution in [0.15, 0.2) is 77.9 Å². The minimum Gasteiger partial charge on any atom is -0.351 e. The number of nitro groups is 1. The molecule has 2 N–H and O–H groups in total. The number of halogens is 1. The quantitative estimate of drug-likeness (QED) is 0.171. The van der Waals surface area contributed by atoms with Crippen molar-refractivity contribution in [2.45, 2.75) is 6.92 Å². The number of non-ortho nitro benzene ring substituents is 1. The Hall–Kier alpha value is -4.40. The van der Waals surface area contributed by atoms with Crippen LogP contribution >= 0.6 is 11.6 Å². The third-order valence-corrected chi connectivity index (χ3v) is 4.42. The number of anilines is 2. The number of urea groups is 1. The molecule has 0 heterocycles. The third kappa shape index (κ3) is 6.05. The second-order valence-corrected chi connectivity index (χ2v) is 6.62. The highest BCUT2D eigenvalue weighted by Gasteiger charge is 2.21. The van der Waals surface area contributed by atoms with E-state index in [4.69, 9.17) is 22.9 Å². The Kier molecular flexibility index (Phi) is 8.29. The molecule has 0 aliphatic heterocycles. The number of hydrogen-bond donors (Lipinski definition) is 1. The van der Waals surface area contributed by atoms with Crippen molar-refractivity contribution in [3.8, 4) is 0 Å². The van der Waals surface area contributed by atoms with Crippen LogP contribution in [0.3, 0.4) is 0 Å². The van der Waals surface area contributed by atoms with Gasteiger partial charge in [0.25, 0.3) is 5.69 Å². The molecule has 0 atom stereocenters. The van der Waals surface area contributed by atoms with E-state index < -0.39 is 16.9 Å². The number of nitro benzene ring substituents is 1. The predicted octanol–water partition coefficient (Wildman–Crippen LogP) is 5.91. The lowest BCUT2D eigenvalue weighted by Gasteiger charge is -2.23. The van der Waals surface area contributed by atoms with Crippen LogP contribution in [0.1, 0.15) is 15.9 Å². The number of benzene rings is 3. The van der Waals surface area contributed by atoms with Gasteiger partial charge >= 0.3 is 6.03 Å². The number of aryl methyl sites for hydroxylation is 1. The summed E-state index contributed by atoms with van der Waals surface area (Å²) in [6, 6.07) is 18.7. The normalized spacial score (nSPS) is 9.56. The van der Waals surface area contributed by atoms with Crippen LogP contribution in [0.25, 0.3) is 10.4 Å². The molecular formula is C21H17ClN6O4. The van der Waals surface area contributed by atoms with Crippen LogP contribution in [0.5, 0.6) is 0 Å². The fraction of sp³-hybridized carbons (Fsp3) is 0.0476. The highest BCUT2D eigenvalue weighted by Crippen LogP contribution is 2.35. The Balaban J connectivity index is 0.000000278. The Morgan fingerprint density at radius 2 is 1.69 bits per heavy atom. The molecule has 3 rings (SSSR count). The zero-order valence-electron chi connectivity index (χ0n) is 16.8. The lowest BCUT2D eigenvalue weighted by Crippen LogP contribution is -2.32. The van der Waals surface area contributed by atoms with E-state index in [1.807, 2.05) is 19.1 Å². The summed E-state index contributed by atoms with van der Waals surface area (Å²) in [6.45, 7) is 1.82. The van der Waals surface area contributed by atoms with Crippen LogP contribution in [-0.2, 0) is 0 Å². The first-order valence-electron chi connectivity index (χ1n) is 9.00. The largest absolute Gasteiger partial charge is 0.351 e.